The third-order valence-electron chi connectivity index (χ3n) is 5.87. The summed E-state index contributed by atoms with van der Waals surface area (Å²) in [5.74, 6) is 0.224. The Morgan fingerprint density at radius 3 is 2.48 bits per heavy atom. The van der Waals surface area contributed by atoms with Gasteiger partial charge in [0.2, 0.25) is 11.9 Å². The SMILES string of the molecule is CC[C@]1(C#N)CCN(c2ccnc(Nc3ccc(C(=O)NC4(C#N)CC4)cc3)n2)C1=O. The molecule has 1 saturated carbocycles. The maximum Gasteiger partial charge on any atom is 0.252 e. The number of rotatable bonds is 6. The summed E-state index contributed by atoms with van der Waals surface area (Å²) in [6.07, 6.45) is 3.84. The number of benzene rings is 1. The van der Waals surface area contributed by atoms with Crippen LogP contribution in [-0.2, 0) is 4.79 Å². The molecule has 2 aliphatic rings. The van der Waals surface area contributed by atoms with E-state index < -0.39 is 11.0 Å². The molecular formula is C22H21N7O2. The van der Waals surface area contributed by atoms with Crippen LogP contribution in [0.1, 0.15) is 43.0 Å². The van der Waals surface area contributed by atoms with Crippen LogP contribution in [0.5, 0.6) is 0 Å². The number of amides is 2. The highest BCUT2D eigenvalue weighted by atomic mass is 16.2. The van der Waals surface area contributed by atoms with Crippen molar-refractivity contribution in [2.45, 2.75) is 38.1 Å². The van der Waals surface area contributed by atoms with Gasteiger partial charge in [0.15, 0.2) is 0 Å². The number of nitriles is 2. The zero-order valence-corrected chi connectivity index (χ0v) is 17.1. The van der Waals surface area contributed by atoms with E-state index in [4.69, 9.17) is 5.26 Å². The third-order valence-corrected chi connectivity index (χ3v) is 5.87. The van der Waals surface area contributed by atoms with Crippen molar-refractivity contribution in [3.8, 4) is 12.1 Å². The van der Waals surface area contributed by atoms with E-state index in [2.05, 4.69) is 32.7 Å². The molecule has 9 nitrogen and oxygen atoms in total. The van der Waals surface area contributed by atoms with Gasteiger partial charge in [0.25, 0.3) is 5.91 Å². The lowest BCUT2D eigenvalue weighted by Crippen LogP contribution is -2.35. The van der Waals surface area contributed by atoms with Crippen LogP contribution in [0.4, 0.5) is 17.5 Å². The second-order valence-corrected chi connectivity index (χ2v) is 7.84. The van der Waals surface area contributed by atoms with Gasteiger partial charge in [0.05, 0.1) is 12.1 Å². The van der Waals surface area contributed by atoms with Crippen molar-refractivity contribution in [1.29, 1.82) is 10.5 Å². The molecule has 2 fully saturated rings. The maximum atomic E-state index is 12.8. The molecule has 1 aliphatic heterocycles. The van der Waals surface area contributed by atoms with Crippen LogP contribution < -0.4 is 15.5 Å². The number of aromatic nitrogens is 2. The highest BCUT2D eigenvalue weighted by Crippen LogP contribution is 2.37. The second kappa shape index (κ2) is 7.69. The highest BCUT2D eigenvalue weighted by molar-refractivity contribution is 6.01. The number of nitrogens with one attached hydrogen (secondary N) is 2. The summed E-state index contributed by atoms with van der Waals surface area (Å²) >= 11 is 0. The lowest BCUT2D eigenvalue weighted by molar-refractivity contribution is -0.123. The van der Waals surface area contributed by atoms with Gasteiger partial charge in [-0.25, -0.2) is 4.98 Å². The monoisotopic (exact) mass is 415 g/mol. The van der Waals surface area contributed by atoms with Crippen LogP contribution in [0, 0.1) is 28.1 Å². The first-order valence-electron chi connectivity index (χ1n) is 10.1. The molecular weight excluding hydrogens is 394 g/mol. The van der Waals surface area contributed by atoms with Gasteiger partial charge < -0.3 is 10.6 Å². The van der Waals surface area contributed by atoms with Gasteiger partial charge >= 0.3 is 0 Å². The van der Waals surface area contributed by atoms with Crippen molar-refractivity contribution in [1.82, 2.24) is 15.3 Å². The molecule has 1 aromatic heterocycles. The second-order valence-electron chi connectivity index (χ2n) is 7.84. The molecule has 1 saturated heterocycles. The summed E-state index contributed by atoms with van der Waals surface area (Å²) in [5, 5.41) is 24.4. The zero-order valence-electron chi connectivity index (χ0n) is 17.1. The summed E-state index contributed by atoms with van der Waals surface area (Å²) in [6.45, 7) is 2.27. The highest BCUT2D eigenvalue weighted by Gasteiger charge is 2.47. The number of nitrogens with zero attached hydrogens (tertiary/aromatic N) is 5. The van der Waals surface area contributed by atoms with Crippen molar-refractivity contribution >= 4 is 29.3 Å². The molecule has 0 radical (unpaired) electrons. The number of anilines is 3. The summed E-state index contributed by atoms with van der Waals surface area (Å²) in [6, 6.07) is 12.7. The van der Waals surface area contributed by atoms with Gasteiger partial charge in [0, 0.05) is 24.0 Å². The Bertz CT molecular complexity index is 1110. The van der Waals surface area contributed by atoms with E-state index in [1.54, 1.807) is 36.5 Å². The van der Waals surface area contributed by atoms with Crippen molar-refractivity contribution in [2.75, 3.05) is 16.8 Å². The minimum Gasteiger partial charge on any atom is -0.334 e. The Kier molecular flexibility index (Phi) is 5.04. The smallest absolute Gasteiger partial charge is 0.252 e. The van der Waals surface area contributed by atoms with E-state index in [-0.39, 0.29) is 11.8 Å². The summed E-state index contributed by atoms with van der Waals surface area (Å²) in [4.78, 5) is 35.2. The van der Waals surface area contributed by atoms with Gasteiger partial charge in [-0.3, -0.25) is 14.5 Å². The summed E-state index contributed by atoms with van der Waals surface area (Å²) in [5.41, 5.74) is -0.574. The lowest BCUT2D eigenvalue weighted by Gasteiger charge is -2.19. The van der Waals surface area contributed by atoms with Crippen LogP contribution in [0.25, 0.3) is 0 Å². The quantitative estimate of drug-likeness (QED) is 0.740. The van der Waals surface area contributed by atoms with E-state index in [9.17, 15) is 14.9 Å². The molecule has 4 rings (SSSR count). The topological polar surface area (TPSA) is 135 Å². The van der Waals surface area contributed by atoms with Gasteiger partial charge in [-0.1, -0.05) is 6.92 Å². The molecule has 1 atom stereocenters. The molecule has 31 heavy (non-hydrogen) atoms. The number of hydrogen-bond acceptors (Lipinski definition) is 7. The van der Waals surface area contributed by atoms with Crippen LogP contribution in [-0.4, -0.2) is 33.9 Å². The number of carbonyl (C=O) groups is 2. The van der Waals surface area contributed by atoms with Crippen LogP contribution in [0.3, 0.4) is 0 Å². The fourth-order valence-electron chi connectivity index (χ4n) is 3.57. The van der Waals surface area contributed by atoms with E-state index in [0.29, 0.717) is 55.2 Å². The number of hydrogen-bond donors (Lipinski definition) is 2. The maximum absolute atomic E-state index is 12.8. The van der Waals surface area contributed by atoms with E-state index in [1.165, 1.54) is 4.90 Å². The summed E-state index contributed by atoms with van der Waals surface area (Å²) < 4.78 is 0. The van der Waals surface area contributed by atoms with Gasteiger partial charge in [-0.15, -0.1) is 0 Å². The fourth-order valence-corrected chi connectivity index (χ4v) is 3.57. The first-order valence-corrected chi connectivity index (χ1v) is 10.1. The van der Waals surface area contributed by atoms with Crippen molar-refractivity contribution in [3.63, 3.8) is 0 Å². The lowest BCUT2D eigenvalue weighted by atomic mass is 9.85. The van der Waals surface area contributed by atoms with E-state index >= 15 is 0 Å². The number of carbonyl (C=O) groups excluding carboxylic acids is 2. The van der Waals surface area contributed by atoms with E-state index in [0.717, 1.165) is 0 Å². The van der Waals surface area contributed by atoms with Gasteiger partial charge in [-0.2, -0.15) is 15.5 Å². The molecule has 9 heteroatoms. The minimum absolute atomic E-state index is 0.233. The Balaban J connectivity index is 1.45. The molecule has 0 spiro atoms. The van der Waals surface area contributed by atoms with E-state index in [1.807, 2.05) is 6.92 Å². The molecule has 0 bridgehead atoms. The third kappa shape index (κ3) is 3.78. The molecule has 1 aliphatic carbocycles. The molecule has 2 heterocycles. The first-order chi connectivity index (χ1) is 14.9. The van der Waals surface area contributed by atoms with Gasteiger partial charge in [0.1, 0.15) is 16.8 Å². The minimum atomic E-state index is -0.987. The Morgan fingerprint density at radius 1 is 1.16 bits per heavy atom. The fraction of sp³-hybridized carbons (Fsp3) is 0.364. The molecule has 2 aromatic rings. The average Bonchev–Trinajstić information content (AvgIpc) is 3.49. The zero-order chi connectivity index (χ0) is 22.1. The van der Waals surface area contributed by atoms with Crippen molar-refractivity contribution in [2.24, 2.45) is 5.41 Å². The Hall–Kier alpha value is -3.98. The predicted octanol–water partition coefficient (Wildman–Crippen LogP) is 2.66. The van der Waals surface area contributed by atoms with Gasteiger partial charge in [-0.05, 0) is 56.0 Å². The van der Waals surface area contributed by atoms with Crippen molar-refractivity contribution < 1.29 is 9.59 Å². The predicted molar refractivity (Wildman–Crippen MR) is 112 cm³/mol. The molecule has 1 aromatic carbocycles. The summed E-state index contributed by atoms with van der Waals surface area (Å²) in [7, 11) is 0. The normalized spacial score (nSPS) is 21.1. The first kappa shape index (κ1) is 20.3. The Morgan fingerprint density at radius 2 is 1.90 bits per heavy atom. The van der Waals surface area contributed by atoms with Crippen LogP contribution >= 0.6 is 0 Å². The van der Waals surface area contributed by atoms with Crippen LogP contribution in [0.2, 0.25) is 0 Å². The molecule has 2 amide bonds. The van der Waals surface area contributed by atoms with Crippen molar-refractivity contribution in [3.05, 3.63) is 42.1 Å². The molecule has 0 unspecified atom stereocenters. The molecule has 2 N–H and O–H groups in total. The largest absolute Gasteiger partial charge is 0.334 e. The van der Waals surface area contributed by atoms with Crippen LogP contribution in [0.15, 0.2) is 36.5 Å². The Labute approximate surface area is 179 Å². The molecule has 156 valence electrons. The standard InChI is InChI=1S/C22H21N7O2/c1-2-21(13-23)10-12-29(19(21)31)17-7-11-25-20(27-17)26-16-5-3-15(4-6-16)18(30)28-22(14-24)8-9-22/h3-7,11H,2,8-10,12H2,1H3,(H,28,30)(H,25,26,27)/t21-/m1/s1. The average molecular weight is 415 g/mol.